The molecule has 0 saturated carbocycles. The molecule has 0 spiro atoms. The number of ketones is 1. The number of halogens is 1. The molecular weight excluding hydrogens is 355 g/mol. The SMILES string of the molecule is COc1ccc2c(c1)C1=NN(/C(C)=C/C(C)=O)[C@@H](c3cccc(F)c3)[C@H]1CC2. The fraction of sp³-hybridized carbons (Fsp3) is 0.304. The van der Waals surface area contributed by atoms with Crippen molar-refractivity contribution in [1.29, 1.82) is 0 Å². The molecule has 0 radical (unpaired) electrons. The Bertz CT molecular complexity index is 996. The van der Waals surface area contributed by atoms with E-state index in [1.165, 1.54) is 18.6 Å². The largest absolute Gasteiger partial charge is 0.497 e. The number of ether oxygens (including phenoxy) is 1. The minimum absolute atomic E-state index is 0.0346. The van der Waals surface area contributed by atoms with E-state index in [0.29, 0.717) is 0 Å². The summed E-state index contributed by atoms with van der Waals surface area (Å²) in [5, 5.41) is 6.80. The molecule has 0 amide bonds. The highest BCUT2D eigenvalue weighted by atomic mass is 19.1. The van der Waals surface area contributed by atoms with Crippen LogP contribution < -0.4 is 4.74 Å². The van der Waals surface area contributed by atoms with Crippen LogP contribution in [-0.4, -0.2) is 23.6 Å². The van der Waals surface area contributed by atoms with Crippen molar-refractivity contribution in [3.8, 4) is 5.75 Å². The summed E-state index contributed by atoms with van der Waals surface area (Å²) in [5.41, 5.74) is 4.92. The van der Waals surface area contributed by atoms with E-state index in [1.54, 1.807) is 25.3 Å². The summed E-state index contributed by atoms with van der Waals surface area (Å²) in [7, 11) is 1.65. The molecule has 2 atom stereocenters. The zero-order valence-corrected chi connectivity index (χ0v) is 16.3. The van der Waals surface area contributed by atoms with Crippen molar-refractivity contribution in [3.63, 3.8) is 0 Å². The van der Waals surface area contributed by atoms with Gasteiger partial charge < -0.3 is 4.74 Å². The van der Waals surface area contributed by atoms with E-state index in [9.17, 15) is 9.18 Å². The predicted octanol–water partition coefficient (Wildman–Crippen LogP) is 4.65. The Hall–Kier alpha value is -2.95. The Balaban J connectivity index is 1.84. The first-order valence-corrected chi connectivity index (χ1v) is 9.47. The second-order valence-electron chi connectivity index (χ2n) is 7.39. The minimum atomic E-state index is -0.267. The van der Waals surface area contributed by atoms with Gasteiger partial charge in [-0.25, -0.2) is 4.39 Å². The summed E-state index contributed by atoms with van der Waals surface area (Å²) in [4.78, 5) is 11.7. The molecule has 0 fully saturated rings. The van der Waals surface area contributed by atoms with Gasteiger partial charge in [-0.2, -0.15) is 5.10 Å². The fourth-order valence-electron chi connectivity index (χ4n) is 4.29. The van der Waals surface area contributed by atoms with Gasteiger partial charge in [-0.3, -0.25) is 9.80 Å². The summed E-state index contributed by atoms with van der Waals surface area (Å²) in [6, 6.07) is 12.6. The third kappa shape index (κ3) is 3.21. The maximum Gasteiger partial charge on any atom is 0.154 e. The number of hydrogen-bond donors (Lipinski definition) is 0. The van der Waals surface area contributed by atoms with Crippen molar-refractivity contribution in [2.24, 2.45) is 11.0 Å². The molecule has 1 aliphatic heterocycles. The van der Waals surface area contributed by atoms with Gasteiger partial charge in [0.1, 0.15) is 11.6 Å². The number of hydrazone groups is 1. The number of fused-ring (bicyclic) bond motifs is 3. The smallest absolute Gasteiger partial charge is 0.154 e. The van der Waals surface area contributed by atoms with Gasteiger partial charge in [-0.05, 0) is 62.1 Å². The molecule has 5 heteroatoms. The molecule has 28 heavy (non-hydrogen) atoms. The number of nitrogens with zero attached hydrogens (tertiary/aromatic N) is 2. The Morgan fingerprint density at radius 1 is 1.25 bits per heavy atom. The van der Waals surface area contributed by atoms with Gasteiger partial charge in [0.2, 0.25) is 0 Å². The lowest BCUT2D eigenvalue weighted by Crippen LogP contribution is -2.28. The molecule has 0 N–H and O–H groups in total. The van der Waals surface area contributed by atoms with Crippen molar-refractivity contribution in [1.82, 2.24) is 5.01 Å². The number of hydrogen-bond acceptors (Lipinski definition) is 4. The average Bonchev–Trinajstić information content (AvgIpc) is 3.07. The summed E-state index contributed by atoms with van der Waals surface area (Å²) in [6.45, 7) is 3.40. The number of rotatable bonds is 4. The Morgan fingerprint density at radius 3 is 2.79 bits per heavy atom. The van der Waals surface area contributed by atoms with Gasteiger partial charge in [0.05, 0.1) is 18.9 Å². The van der Waals surface area contributed by atoms with E-state index >= 15 is 0 Å². The van der Waals surface area contributed by atoms with Crippen LogP contribution in [0, 0.1) is 11.7 Å². The van der Waals surface area contributed by atoms with Gasteiger partial charge in [0.25, 0.3) is 0 Å². The van der Waals surface area contributed by atoms with Crippen LogP contribution in [0.3, 0.4) is 0 Å². The Labute approximate surface area is 164 Å². The summed E-state index contributed by atoms with van der Waals surface area (Å²) in [5.74, 6) is 0.611. The van der Waals surface area contributed by atoms with Crippen molar-refractivity contribution in [3.05, 3.63) is 76.7 Å². The summed E-state index contributed by atoms with van der Waals surface area (Å²) in [6.07, 6.45) is 3.43. The molecule has 4 nitrogen and oxygen atoms in total. The molecule has 2 aliphatic rings. The minimum Gasteiger partial charge on any atom is -0.497 e. The molecule has 1 aliphatic carbocycles. The van der Waals surface area contributed by atoms with E-state index in [4.69, 9.17) is 9.84 Å². The van der Waals surface area contributed by atoms with E-state index in [-0.39, 0.29) is 23.6 Å². The number of allylic oxidation sites excluding steroid dienone is 2. The average molecular weight is 378 g/mol. The van der Waals surface area contributed by atoms with Crippen LogP contribution in [0.2, 0.25) is 0 Å². The monoisotopic (exact) mass is 378 g/mol. The van der Waals surface area contributed by atoms with Crippen LogP contribution in [0.4, 0.5) is 4.39 Å². The van der Waals surface area contributed by atoms with E-state index in [2.05, 4.69) is 6.07 Å². The van der Waals surface area contributed by atoms with Crippen molar-refractivity contribution in [2.75, 3.05) is 7.11 Å². The maximum atomic E-state index is 14.0. The van der Waals surface area contributed by atoms with Gasteiger partial charge in [0.15, 0.2) is 5.78 Å². The highest BCUT2D eigenvalue weighted by Gasteiger charge is 2.42. The first kappa shape index (κ1) is 18.4. The molecule has 144 valence electrons. The highest BCUT2D eigenvalue weighted by Crippen LogP contribution is 2.45. The second-order valence-corrected chi connectivity index (χ2v) is 7.39. The molecule has 2 aromatic rings. The quantitative estimate of drug-likeness (QED) is 0.727. The number of aryl methyl sites for hydroxylation is 1. The normalized spacial score (nSPS) is 21.1. The van der Waals surface area contributed by atoms with E-state index < -0.39 is 0 Å². The molecule has 0 saturated heterocycles. The molecular formula is C23H23FN2O2. The molecule has 0 bridgehead atoms. The molecule has 0 unspecified atom stereocenters. The standard InChI is InChI=1S/C23H23FN2O2/c1-14(11-15(2)27)26-23(17-5-4-6-18(24)12-17)20-10-8-16-7-9-19(28-3)13-21(16)22(20)25-26/h4-7,9,11-13,20,23H,8,10H2,1-3H3/b14-11+/t20-,23-/m0/s1. The van der Waals surface area contributed by atoms with Crippen LogP contribution in [0.5, 0.6) is 5.75 Å². The van der Waals surface area contributed by atoms with Crippen LogP contribution in [0.25, 0.3) is 0 Å². The Kier molecular flexibility index (Phi) is 4.75. The predicted molar refractivity (Wildman–Crippen MR) is 107 cm³/mol. The third-order valence-corrected chi connectivity index (χ3v) is 5.49. The van der Waals surface area contributed by atoms with Gasteiger partial charge in [0, 0.05) is 23.3 Å². The fourth-order valence-corrected chi connectivity index (χ4v) is 4.29. The van der Waals surface area contributed by atoms with E-state index in [1.807, 2.05) is 30.1 Å². The summed E-state index contributed by atoms with van der Waals surface area (Å²) < 4.78 is 19.4. The van der Waals surface area contributed by atoms with E-state index in [0.717, 1.165) is 41.1 Å². The number of carbonyl (C=O) groups is 1. The van der Waals surface area contributed by atoms with Crippen molar-refractivity contribution in [2.45, 2.75) is 32.7 Å². The zero-order valence-electron chi connectivity index (χ0n) is 16.3. The lowest BCUT2D eigenvalue weighted by atomic mass is 9.77. The Morgan fingerprint density at radius 2 is 2.07 bits per heavy atom. The third-order valence-electron chi connectivity index (χ3n) is 5.49. The van der Waals surface area contributed by atoms with Gasteiger partial charge >= 0.3 is 0 Å². The second kappa shape index (κ2) is 7.23. The zero-order chi connectivity index (χ0) is 19.8. The number of benzene rings is 2. The topological polar surface area (TPSA) is 41.9 Å². The molecule has 4 rings (SSSR count). The number of methoxy groups -OCH3 is 1. The molecule has 2 aromatic carbocycles. The number of carbonyl (C=O) groups excluding carboxylic acids is 1. The lowest BCUT2D eigenvalue weighted by molar-refractivity contribution is -0.112. The highest BCUT2D eigenvalue weighted by molar-refractivity contribution is 6.06. The van der Waals surface area contributed by atoms with Gasteiger partial charge in [-0.15, -0.1) is 0 Å². The summed E-state index contributed by atoms with van der Waals surface area (Å²) >= 11 is 0. The molecule has 0 aromatic heterocycles. The van der Waals surface area contributed by atoms with Crippen LogP contribution in [-0.2, 0) is 11.2 Å². The van der Waals surface area contributed by atoms with Crippen molar-refractivity contribution >= 4 is 11.5 Å². The molecule has 1 heterocycles. The van der Waals surface area contributed by atoms with Crippen molar-refractivity contribution < 1.29 is 13.9 Å². The van der Waals surface area contributed by atoms with Gasteiger partial charge in [-0.1, -0.05) is 18.2 Å². The first-order valence-electron chi connectivity index (χ1n) is 9.47. The first-order chi connectivity index (χ1) is 13.5. The maximum absolute atomic E-state index is 14.0. The van der Waals surface area contributed by atoms with Crippen LogP contribution in [0.15, 0.2) is 59.3 Å². The van der Waals surface area contributed by atoms with Crippen LogP contribution >= 0.6 is 0 Å². The lowest BCUT2D eigenvalue weighted by Gasteiger charge is -2.31. The van der Waals surface area contributed by atoms with Crippen LogP contribution in [0.1, 0.15) is 43.0 Å².